The third kappa shape index (κ3) is 1.82. The lowest BCUT2D eigenvalue weighted by atomic mass is 10.3. The number of hydrogen-bond acceptors (Lipinski definition) is 3. The Bertz CT molecular complexity index is 499. The molecule has 5 nitrogen and oxygen atoms in total. The molecule has 0 atom stereocenters. The van der Waals surface area contributed by atoms with Gasteiger partial charge in [0.2, 0.25) is 5.28 Å². The maximum absolute atomic E-state index is 6.05. The summed E-state index contributed by atoms with van der Waals surface area (Å²) in [5.41, 5.74) is 1.86. The molecule has 2 aromatic rings. The summed E-state index contributed by atoms with van der Waals surface area (Å²) in [5.74, 6) is 0.878. The van der Waals surface area contributed by atoms with Gasteiger partial charge in [0.1, 0.15) is 5.82 Å². The lowest BCUT2D eigenvalue weighted by Gasteiger charge is -2.04. The summed E-state index contributed by atoms with van der Waals surface area (Å²) in [6.07, 6.45) is 3.78. The lowest BCUT2D eigenvalue weighted by Crippen LogP contribution is -2.01. The zero-order valence-corrected chi connectivity index (χ0v) is 10.4. The van der Waals surface area contributed by atoms with E-state index in [9.17, 15) is 0 Å². The molecular formula is C10H14ClN5. The van der Waals surface area contributed by atoms with Crippen LogP contribution in [0.15, 0.2) is 6.20 Å². The van der Waals surface area contributed by atoms with E-state index in [-0.39, 0.29) is 0 Å². The molecular weight excluding hydrogens is 226 g/mol. The summed E-state index contributed by atoms with van der Waals surface area (Å²) in [6, 6.07) is 0. The summed E-state index contributed by atoms with van der Waals surface area (Å²) < 4.78 is 3.62. The van der Waals surface area contributed by atoms with Gasteiger partial charge in [0.05, 0.1) is 11.4 Å². The zero-order chi connectivity index (χ0) is 11.7. The van der Waals surface area contributed by atoms with Crippen LogP contribution in [-0.2, 0) is 13.5 Å². The van der Waals surface area contributed by atoms with E-state index in [0.717, 1.165) is 30.0 Å². The van der Waals surface area contributed by atoms with Gasteiger partial charge in [-0.1, -0.05) is 6.92 Å². The zero-order valence-electron chi connectivity index (χ0n) is 9.61. The molecule has 0 radical (unpaired) electrons. The van der Waals surface area contributed by atoms with E-state index in [1.165, 1.54) is 0 Å². The minimum absolute atomic E-state index is 0.388. The predicted octanol–water partition coefficient (Wildman–Crippen LogP) is 1.92. The molecule has 0 fully saturated rings. The molecule has 0 saturated carbocycles. The standard InChI is InChI=1S/C10H14ClN5/c1-4-5-9-12-13-10(11)16(9)8-6-15(3)14-7(8)2/h6H,4-5H2,1-3H3. The first-order chi connectivity index (χ1) is 7.63. The number of aromatic nitrogens is 5. The van der Waals surface area contributed by atoms with Crippen molar-refractivity contribution < 1.29 is 0 Å². The van der Waals surface area contributed by atoms with Gasteiger partial charge in [-0.3, -0.25) is 9.25 Å². The molecule has 0 aliphatic carbocycles. The quantitative estimate of drug-likeness (QED) is 0.822. The smallest absolute Gasteiger partial charge is 0.229 e. The highest BCUT2D eigenvalue weighted by Gasteiger charge is 2.15. The van der Waals surface area contributed by atoms with Gasteiger partial charge in [0, 0.05) is 19.7 Å². The fourth-order valence-electron chi connectivity index (χ4n) is 1.73. The Morgan fingerprint density at radius 2 is 2.12 bits per heavy atom. The molecule has 0 aromatic carbocycles. The van der Waals surface area contributed by atoms with Crippen LogP contribution in [0.2, 0.25) is 5.28 Å². The minimum atomic E-state index is 0.388. The second-order valence-corrected chi connectivity index (χ2v) is 4.08. The highest BCUT2D eigenvalue weighted by Crippen LogP contribution is 2.20. The maximum Gasteiger partial charge on any atom is 0.229 e. The van der Waals surface area contributed by atoms with E-state index in [1.54, 1.807) is 4.68 Å². The SMILES string of the molecule is CCCc1nnc(Cl)n1-c1cn(C)nc1C. The first-order valence-corrected chi connectivity index (χ1v) is 5.61. The highest BCUT2D eigenvalue weighted by atomic mass is 35.5. The molecule has 0 N–H and O–H groups in total. The number of hydrogen-bond donors (Lipinski definition) is 0. The summed E-state index contributed by atoms with van der Waals surface area (Å²) in [6.45, 7) is 4.05. The number of aryl methyl sites for hydroxylation is 3. The van der Waals surface area contributed by atoms with Crippen LogP contribution in [-0.4, -0.2) is 24.5 Å². The van der Waals surface area contributed by atoms with Crippen molar-refractivity contribution in [2.75, 3.05) is 0 Å². The Balaban J connectivity index is 2.54. The molecule has 0 bridgehead atoms. The van der Waals surface area contributed by atoms with Gasteiger partial charge in [0.25, 0.3) is 0 Å². The van der Waals surface area contributed by atoms with E-state index in [1.807, 2.05) is 24.7 Å². The number of halogens is 1. The van der Waals surface area contributed by atoms with Gasteiger partial charge < -0.3 is 0 Å². The van der Waals surface area contributed by atoms with Gasteiger partial charge >= 0.3 is 0 Å². The van der Waals surface area contributed by atoms with Gasteiger partial charge in [-0.15, -0.1) is 10.2 Å². The molecule has 2 heterocycles. The lowest BCUT2D eigenvalue weighted by molar-refractivity contribution is 0.756. The second-order valence-electron chi connectivity index (χ2n) is 3.74. The normalized spacial score (nSPS) is 11.0. The summed E-state index contributed by atoms with van der Waals surface area (Å²) >= 11 is 6.05. The summed E-state index contributed by atoms with van der Waals surface area (Å²) in [5, 5.41) is 12.7. The van der Waals surface area contributed by atoms with Crippen LogP contribution < -0.4 is 0 Å². The van der Waals surface area contributed by atoms with Crippen LogP contribution >= 0.6 is 11.6 Å². The number of rotatable bonds is 3. The molecule has 16 heavy (non-hydrogen) atoms. The van der Waals surface area contributed by atoms with Gasteiger partial charge in [0.15, 0.2) is 0 Å². The Kier molecular flexibility index (Phi) is 2.96. The monoisotopic (exact) mass is 239 g/mol. The average molecular weight is 240 g/mol. The fraction of sp³-hybridized carbons (Fsp3) is 0.500. The molecule has 2 aromatic heterocycles. The van der Waals surface area contributed by atoms with Crippen LogP contribution in [0.5, 0.6) is 0 Å². The van der Waals surface area contributed by atoms with Crippen molar-refractivity contribution in [1.29, 1.82) is 0 Å². The molecule has 0 spiro atoms. The van der Waals surface area contributed by atoms with Crippen LogP contribution in [0.1, 0.15) is 24.9 Å². The first-order valence-electron chi connectivity index (χ1n) is 5.24. The predicted molar refractivity (Wildman–Crippen MR) is 61.9 cm³/mol. The van der Waals surface area contributed by atoms with Crippen molar-refractivity contribution in [3.05, 3.63) is 23.0 Å². The molecule has 6 heteroatoms. The van der Waals surface area contributed by atoms with E-state index >= 15 is 0 Å². The topological polar surface area (TPSA) is 48.5 Å². The Morgan fingerprint density at radius 3 is 2.69 bits per heavy atom. The molecule has 0 aliphatic heterocycles. The molecule has 0 amide bonds. The van der Waals surface area contributed by atoms with Crippen molar-refractivity contribution in [2.24, 2.45) is 7.05 Å². The van der Waals surface area contributed by atoms with E-state index < -0.39 is 0 Å². The molecule has 0 unspecified atom stereocenters. The van der Waals surface area contributed by atoms with E-state index in [0.29, 0.717) is 5.28 Å². The molecule has 2 rings (SSSR count). The van der Waals surface area contributed by atoms with Crippen molar-refractivity contribution >= 4 is 11.6 Å². The van der Waals surface area contributed by atoms with Crippen LogP contribution in [0, 0.1) is 6.92 Å². The molecule has 86 valence electrons. The maximum atomic E-state index is 6.05. The van der Waals surface area contributed by atoms with Crippen molar-refractivity contribution in [3.8, 4) is 5.69 Å². The van der Waals surface area contributed by atoms with Crippen LogP contribution in [0.25, 0.3) is 5.69 Å². The molecule has 0 aliphatic rings. The Morgan fingerprint density at radius 1 is 1.38 bits per heavy atom. The first kappa shape index (κ1) is 11.1. The summed E-state index contributed by atoms with van der Waals surface area (Å²) in [7, 11) is 1.88. The van der Waals surface area contributed by atoms with Crippen LogP contribution in [0.3, 0.4) is 0 Å². The number of nitrogens with zero attached hydrogens (tertiary/aromatic N) is 5. The third-order valence-corrected chi connectivity index (χ3v) is 2.64. The van der Waals surface area contributed by atoms with Crippen molar-refractivity contribution in [1.82, 2.24) is 24.5 Å². The second kappa shape index (κ2) is 4.25. The van der Waals surface area contributed by atoms with Gasteiger partial charge in [-0.05, 0) is 24.9 Å². The van der Waals surface area contributed by atoms with E-state index in [2.05, 4.69) is 22.2 Å². The van der Waals surface area contributed by atoms with E-state index in [4.69, 9.17) is 11.6 Å². The fourth-order valence-corrected chi connectivity index (χ4v) is 1.95. The Hall–Kier alpha value is -1.36. The van der Waals surface area contributed by atoms with Gasteiger partial charge in [-0.25, -0.2) is 0 Å². The Labute approximate surface area is 99.1 Å². The highest BCUT2D eigenvalue weighted by molar-refractivity contribution is 6.28. The van der Waals surface area contributed by atoms with Crippen molar-refractivity contribution in [3.63, 3.8) is 0 Å². The average Bonchev–Trinajstić information content (AvgIpc) is 2.71. The van der Waals surface area contributed by atoms with Gasteiger partial charge in [-0.2, -0.15) is 5.10 Å². The third-order valence-electron chi connectivity index (χ3n) is 2.39. The largest absolute Gasteiger partial charge is 0.273 e. The molecule has 0 saturated heterocycles. The summed E-state index contributed by atoms with van der Waals surface area (Å²) in [4.78, 5) is 0. The van der Waals surface area contributed by atoms with Crippen molar-refractivity contribution in [2.45, 2.75) is 26.7 Å². The van der Waals surface area contributed by atoms with Crippen LogP contribution in [0.4, 0.5) is 0 Å². The minimum Gasteiger partial charge on any atom is -0.273 e.